The van der Waals surface area contributed by atoms with Gasteiger partial charge >= 0.3 is 0 Å². The van der Waals surface area contributed by atoms with Crippen LogP contribution in [0.3, 0.4) is 0 Å². The van der Waals surface area contributed by atoms with Gasteiger partial charge < -0.3 is 5.32 Å². The van der Waals surface area contributed by atoms with Crippen LogP contribution in [0.1, 0.15) is 94.2 Å². The average molecular weight is 626 g/mol. The van der Waals surface area contributed by atoms with Crippen LogP contribution in [0.4, 0.5) is 10.1 Å². The molecule has 4 heteroatoms. The van der Waals surface area contributed by atoms with Gasteiger partial charge in [-0.3, -0.25) is 0 Å². The molecule has 3 aromatic carbocycles. The lowest BCUT2D eigenvalue weighted by Gasteiger charge is -2.42. The first kappa shape index (κ1) is 30.3. The van der Waals surface area contributed by atoms with E-state index in [1.807, 2.05) is 7.05 Å². The standard InChI is InChI=1S/C43H48FN3/c1-7-10-13-27-22-29-19-21-46-26-34(37-24-28-15-16-30(45-6)25-31(28)36-14-11-12-20-47(36)37)43(8-2,9-3)32-17-18-35(44)40-39(32)41(46)38(29)33(23-27)42(40,4)5/h11-12,14-23,25,34,37,45H,7-10,13,24,26H2,1-6H3/q+2. The van der Waals surface area contributed by atoms with E-state index in [0.717, 1.165) is 55.5 Å². The van der Waals surface area contributed by atoms with Crippen LogP contribution < -0.4 is 14.5 Å². The molecule has 0 bridgehead atoms. The second-order valence-corrected chi connectivity index (χ2v) is 14.9. The van der Waals surface area contributed by atoms with Gasteiger partial charge in [0.15, 0.2) is 25.0 Å². The Bertz CT molecular complexity index is 2050. The number of anilines is 1. The molecular formula is C43H48FN3+2. The summed E-state index contributed by atoms with van der Waals surface area (Å²) in [7, 11) is 1.99. The van der Waals surface area contributed by atoms with Crippen LogP contribution in [0, 0.1) is 11.7 Å². The molecule has 1 aliphatic carbocycles. The van der Waals surface area contributed by atoms with E-state index in [1.54, 1.807) is 6.07 Å². The van der Waals surface area contributed by atoms with Crippen molar-refractivity contribution in [1.82, 2.24) is 0 Å². The summed E-state index contributed by atoms with van der Waals surface area (Å²) in [6.45, 7) is 12.4. The molecule has 0 fully saturated rings. The minimum absolute atomic E-state index is 0.0758. The maximum atomic E-state index is 16.5. The number of rotatable bonds is 7. The van der Waals surface area contributed by atoms with Gasteiger partial charge in [0, 0.05) is 53.7 Å². The highest BCUT2D eigenvalue weighted by molar-refractivity contribution is 6.01. The van der Waals surface area contributed by atoms with E-state index in [1.165, 1.54) is 56.4 Å². The number of fused-ring (bicyclic) bond motifs is 3. The van der Waals surface area contributed by atoms with Gasteiger partial charge in [-0.2, -0.15) is 9.13 Å². The van der Waals surface area contributed by atoms with E-state index in [2.05, 4.69) is 122 Å². The third kappa shape index (κ3) is 4.22. The molecule has 3 nitrogen and oxygen atoms in total. The zero-order valence-electron chi connectivity index (χ0n) is 28.9. The molecule has 0 spiro atoms. The lowest BCUT2D eigenvalue weighted by Crippen LogP contribution is -2.57. The molecule has 5 aromatic rings. The summed E-state index contributed by atoms with van der Waals surface area (Å²) in [5.74, 6) is 0.211. The minimum atomic E-state index is -0.453. The number of benzene rings is 3. The highest BCUT2D eigenvalue weighted by Crippen LogP contribution is 2.57. The SMILES string of the molecule is CCCCc1cc2c3c4[n+](ccc3c1)CC(C1Cc3ccc(NC)cc3-c3cccc[n+]31)C(CC)(CC)c1ccc(F)c(c1-4)C2(C)C. The van der Waals surface area contributed by atoms with Crippen LogP contribution in [0.25, 0.3) is 33.3 Å². The Balaban J connectivity index is 1.42. The van der Waals surface area contributed by atoms with Crippen molar-refractivity contribution >= 4 is 16.5 Å². The van der Waals surface area contributed by atoms with Crippen molar-refractivity contribution in [3.8, 4) is 22.5 Å². The number of nitrogens with zero attached hydrogens (tertiary/aromatic N) is 2. The molecule has 0 amide bonds. The maximum absolute atomic E-state index is 16.5. The van der Waals surface area contributed by atoms with E-state index >= 15 is 4.39 Å². The van der Waals surface area contributed by atoms with Gasteiger partial charge in [-0.25, -0.2) is 4.39 Å². The molecule has 0 saturated heterocycles. The van der Waals surface area contributed by atoms with Gasteiger partial charge in [0.1, 0.15) is 5.82 Å². The summed E-state index contributed by atoms with van der Waals surface area (Å²) in [5.41, 5.74) is 11.8. The monoisotopic (exact) mass is 625 g/mol. The Hall–Kier alpha value is -4.05. The molecule has 47 heavy (non-hydrogen) atoms. The fraction of sp³-hybridized carbons (Fsp3) is 0.395. The third-order valence-corrected chi connectivity index (χ3v) is 12.4. The number of aryl methyl sites for hydroxylation is 1. The summed E-state index contributed by atoms with van der Waals surface area (Å²) in [6.07, 6.45) is 11.0. The summed E-state index contributed by atoms with van der Waals surface area (Å²) in [5, 5.41) is 5.96. The maximum Gasteiger partial charge on any atom is 0.221 e. The van der Waals surface area contributed by atoms with Crippen LogP contribution in [0.2, 0.25) is 0 Å². The Morgan fingerprint density at radius 1 is 0.915 bits per heavy atom. The quantitative estimate of drug-likeness (QED) is 0.179. The second kappa shape index (κ2) is 11.0. The number of unbranched alkanes of at least 4 members (excludes halogenated alkanes) is 1. The predicted octanol–water partition coefficient (Wildman–Crippen LogP) is 9.40. The fourth-order valence-corrected chi connectivity index (χ4v) is 9.95. The number of nitrogens with one attached hydrogen (secondary N) is 1. The van der Waals surface area contributed by atoms with Crippen molar-refractivity contribution in [3.63, 3.8) is 0 Å². The number of aromatic nitrogens is 2. The summed E-state index contributed by atoms with van der Waals surface area (Å²) in [4.78, 5) is 0. The van der Waals surface area contributed by atoms with Gasteiger partial charge in [-0.05, 0) is 77.6 Å². The van der Waals surface area contributed by atoms with E-state index in [4.69, 9.17) is 0 Å². The number of halogens is 1. The Morgan fingerprint density at radius 3 is 2.51 bits per heavy atom. The van der Waals surface area contributed by atoms with Crippen LogP contribution in [0.5, 0.6) is 0 Å². The van der Waals surface area contributed by atoms with Crippen LogP contribution in [0.15, 0.2) is 79.1 Å². The lowest BCUT2D eigenvalue weighted by molar-refractivity contribution is -0.748. The zero-order chi connectivity index (χ0) is 32.7. The van der Waals surface area contributed by atoms with Gasteiger partial charge in [0.05, 0.1) is 22.4 Å². The largest absolute Gasteiger partial charge is 0.388 e. The zero-order valence-corrected chi connectivity index (χ0v) is 28.9. The highest BCUT2D eigenvalue weighted by Gasteiger charge is 2.55. The first-order chi connectivity index (χ1) is 22.8. The molecule has 0 radical (unpaired) electrons. The number of hydrogen-bond acceptors (Lipinski definition) is 1. The molecule has 240 valence electrons. The first-order valence-electron chi connectivity index (χ1n) is 17.9. The second-order valence-electron chi connectivity index (χ2n) is 14.9. The van der Waals surface area contributed by atoms with E-state index in [0.29, 0.717) is 0 Å². The fourth-order valence-electron chi connectivity index (χ4n) is 9.95. The van der Waals surface area contributed by atoms with Gasteiger partial charge in [0.25, 0.3) is 0 Å². The lowest BCUT2D eigenvalue weighted by atomic mass is 9.60. The Labute approximate surface area is 279 Å². The normalized spacial score (nSPS) is 19.6. The molecule has 8 rings (SSSR count). The van der Waals surface area contributed by atoms with E-state index in [-0.39, 0.29) is 23.2 Å². The van der Waals surface area contributed by atoms with Crippen molar-refractivity contribution in [2.45, 2.75) is 96.6 Å². The van der Waals surface area contributed by atoms with Gasteiger partial charge in [0.2, 0.25) is 11.4 Å². The van der Waals surface area contributed by atoms with Crippen molar-refractivity contribution in [1.29, 1.82) is 0 Å². The van der Waals surface area contributed by atoms with Crippen molar-refractivity contribution in [2.75, 3.05) is 12.4 Å². The molecule has 3 aliphatic rings. The molecular weight excluding hydrogens is 577 g/mol. The van der Waals surface area contributed by atoms with Gasteiger partial charge in [-0.1, -0.05) is 65.3 Å². The predicted molar refractivity (Wildman–Crippen MR) is 190 cm³/mol. The average Bonchev–Trinajstić information content (AvgIpc) is 3.21. The minimum Gasteiger partial charge on any atom is -0.388 e. The first-order valence-corrected chi connectivity index (χ1v) is 17.9. The van der Waals surface area contributed by atoms with Crippen molar-refractivity contribution < 1.29 is 13.5 Å². The molecule has 2 atom stereocenters. The molecule has 2 aliphatic heterocycles. The van der Waals surface area contributed by atoms with Crippen LogP contribution >= 0.6 is 0 Å². The Morgan fingerprint density at radius 2 is 1.74 bits per heavy atom. The topological polar surface area (TPSA) is 19.8 Å². The number of hydrogen-bond donors (Lipinski definition) is 1. The van der Waals surface area contributed by atoms with Crippen LogP contribution in [-0.2, 0) is 30.2 Å². The number of pyridine rings is 2. The van der Waals surface area contributed by atoms with Gasteiger partial charge in [-0.15, -0.1) is 0 Å². The van der Waals surface area contributed by atoms with Crippen molar-refractivity contribution in [3.05, 3.63) is 113 Å². The van der Waals surface area contributed by atoms with E-state index in [9.17, 15) is 0 Å². The smallest absolute Gasteiger partial charge is 0.221 e. The van der Waals surface area contributed by atoms with Crippen molar-refractivity contribution in [2.24, 2.45) is 5.92 Å². The molecule has 2 aromatic heterocycles. The Kier molecular flexibility index (Phi) is 7.09. The highest BCUT2D eigenvalue weighted by atomic mass is 19.1. The summed E-state index contributed by atoms with van der Waals surface area (Å²) in [6, 6.07) is 24.9. The third-order valence-electron chi connectivity index (χ3n) is 12.4. The molecule has 1 N–H and O–H groups in total. The van der Waals surface area contributed by atoms with E-state index < -0.39 is 5.41 Å². The molecule has 2 unspecified atom stereocenters. The van der Waals surface area contributed by atoms with Crippen LogP contribution in [-0.4, -0.2) is 7.05 Å². The summed E-state index contributed by atoms with van der Waals surface area (Å²) < 4.78 is 21.6. The summed E-state index contributed by atoms with van der Waals surface area (Å²) >= 11 is 0. The molecule has 4 heterocycles. The molecule has 0 saturated carbocycles.